The number of likely N-dealkylation sites (N-methyl/N-ethyl adjacent to an activating group) is 2. The standard InChI is InChI=1S/C27H30N2O4/c1-28-15-14-26-23-18-9-10-20(30)24(23)33-25(26)19(12-13-27(26,32)21(28)16-18)29(2)22(31)11-8-17-6-4-3-5-7-17/h3-11,19,21,25,30,32H,12-16H2,1-2H3/t19-,21-,25+,26+,27-/m1/s1. The first-order valence-electron chi connectivity index (χ1n) is 11.8. The molecule has 2 N–H and O–H groups in total. The third kappa shape index (κ3) is 2.65. The summed E-state index contributed by atoms with van der Waals surface area (Å²) in [5, 5.41) is 22.9. The molecule has 2 heterocycles. The second-order valence-electron chi connectivity index (χ2n) is 10.1. The van der Waals surface area contributed by atoms with Crippen LogP contribution >= 0.6 is 0 Å². The van der Waals surface area contributed by atoms with Crippen molar-refractivity contribution in [2.45, 2.75) is 54.9 Å². The number of amides is 1. The van der Waals surface area contributed by atoms with Crippen molar-refractivity contribution in [2.24, 2.45) is 0 Å². The lowest BCUT2D eigenvalue weighted by molar-refractivity contribution is -0.195. The van der Waals surface area contributed by atoms with Crippen molar-refractivity contribution in [2.75, 3.05) is 20.6 Å². The predicted octanol–water partition coefficient (Wildman–Crippen LogP) is 2.72. The quantitative estimate of drug-likeness (QED) is 0.710. The summed E-state index contributed by atoms with van der Waals surface area (Å²) in [7, 11) is 3.91. The van der Waals surface area contributed by atoms with Crippen LogP contribution in [0.5, 0.6) is 11.5 Å². The van der Waals surface area contributed by atoms with E-state index in [2.05, 4.69) is 11.9 Å². The van der Waals surface area contributed by atoms with Gasteiger partial charge in [0.1, 0.15) is 6.10 Å². The Morgan fingerprint density at radius 1 is 1.21 bits per heavy atom. The second kappa shape index (κ2) is 7.08. The topological polar surface area (TPSA) is 73.2 Å². The Labute approximate surface area is 194 Å². The zero-order valence-corrected chi connectivity index (χ0v) is 19.1. The number of piperidine rings is 1. The van der Waals surface area contributed by atoms with E-state index in [1.54, 1.807) is 17.0 Å². The highest BCUT2D eigenvalue weighted by molar-refractivity contribution is 5.92. The van der Waals surface area contributed by atoms with Crippen LogP contribution in [0.1, 0.15) is 36.0 Å². The Bertz CT molecular complexity index is 1150. The third-order valence-electron chi connectivity index (χ3n) is 8.76. The molecule has 1 saturated carbocycles. The molecule has 33 heavy (non-hydrogen) atoms. The number of aromatic hydroxyl groups is 1. The van der Waals surface area contributed by atoms with Crippen molar-refractivity contribution in [1.82, 2.24) is 9.80 Å². The van der Waals surface area contributed by atoms with Crippen molar-refractivity contribution in [3.63, 3.8) is 0 Å². The van der Waals surface area contributed by atoms with Crippen LogP contribution in [0.2, 0.25) is 0 Å². The lowest BCUT2D eigenvalue weighted by atomic mass is 9.48. The number of likely N-dealkylation sites (tertiary alicyclic amines) is 1. The van der Waals surface area contributed by atoms with Gasteiger partial charge in [0.25, 0.3) is 0 Å². The molecule has 2 aliphatic heterocycles. The summed E-state index contributed by atoms with van der Waals surface area (Å²) in [4.78, 5) is 17.2. The highest BCUT2D eigenvalue weighted by Gasteiger charge is 2.73. The molecular formula is C27H30N2O4. The molecule has 6 nitrogen and oxygen atoms in total. The van der Waals surface area contributed by atoms with E-state index in [0.29, 0.717) is 18.6 Å². The molecule has 2 bridgehead atoms. The first-order valence-corrected chi connectivity index (χ1v) is 11.8. The van der Waals surface area contributed by atoms with E-state index < -0.39 is 17.1 Å². The summed E-state index contributed by atoms with van der Waals surface area (Å²) < 4.78 is 6.51. The van der Waals surface area contributed by atoms with Gasteiger partial charge >= 0.3 is 0 Å². The number of rotatable bonds is 3. The van der Waals surface area contributed by atoms with E-state index in [1.807, 2.05) is 49.5 Å². The fourth-order valence-corrected chi connectivity index (χ4v) is 7.14. The smallest absolute Gasteiger partial charge is 0.246 e. The number of benzene rings is 2. The van der Waals surface area contributed by atoms with Crippen LogP contribution in [0, 0.1) is 0 Å². The normalized spacial score (nSPS) is 34.1. The van der Waals surface area contributed by atoms with Gasteiger partial charge in [-0.3, -0.25) is 4.79 Å². The SMILES string of the molecule is CN1CC[C@]23c4c5ccc(O)c4O[C@H]2[C@H](N(C)C(=O)C=Cc2ccccc2)CC[C@@]3(O)[C@H]1C5. The number of ether oxygens (including phenoxy) is 1. The van der Waals surface area contributed by atoms with Crippen molar-refractivity contribution in [3.8, 4) is 11.5 Å². The van der Waals surface area contributed by atoms with Crippen LogP contribution in [0.25, 0.3) is 6.08 Å². The van der Waals surface area contributed by atoms with E-state index in [0.717, 1.165) is 36.1 Å². The van der Waals surface area contributed by atoms with Gasteiger partial charge in [-0.2, -0.15) is 0 Å². The number of aliphatic hydroxyl groups is 1. The maximum atomic E-state index is 13.2. The number of phenols is 1. The molecule has 0 aromatic heterocycles. The predicted molar refractivity (Wildman–Crippen MR) is 125 cm³/mol. The molecule has 0 radical (unpaired) electrons. The lowest BCUT2D eigenvalue weighted by Crippen LogP contribution is -2.77. The van der Waals surface area contributed by atoms with E-state index in [-0.39, 0.29) is 23.7 Å². The van der Waals surface area contributed by atoms with Crippen LogP contribution in [0.3, 0.4) is 0 Å². The molecule has 2 aliphatic carbocycles. The molecule has 2 aromatic carbocycles. The average Bonchev–Trinajstić information content (AvgIpc) is 3.17. The molecule has 5 atom stereocenters. The second-order valence-corrected chi connectivity index (χ2v) is 10.1. The van der Waals surface area contributed by atoms with Gasteiger partial charge < -0.3 is 24.7 Å². The molecule has 1 spiro atoms. The zero-order valence-electron chi connectivity index (χ0n) is 19.1. The van der Waals surface area contributed by atoms with Gasteiger partial charge in [0.05, 0.1) is 17.1 Å². The summed E-state index contributed by atoms with van der Waals surface area (Å²) >= 11 is 0. The first-order chi connectivity index (χ1) is 15.9. The fraction of sp³-hybridized carbons (Fsp3) is 0.444. The van der Waals surface area contributed by atoms with E-state index >= 15 is 0 Å². The highest BCUT2D eigenvalue weighted by Crippen LogP contribution is 2.65. The summed E-state index contributed by atoms with van der Waals surface area (Å²) in [5.74, 6) is 0.537. The third-order valence-corrected chi connectivity index (χ3v) is 8.76. The van der Waals surface area contributed by atoms with E-state index in [1.165, 1.54) is 0 Å². The Balaban J connectivity index is 1.40. The van der Waals surface area contributed by atoms with Gasteiger partial charge in [-0.1, -0.05) is 36.4 Å². The van der Waals surface area contributed by atoms with Crippen molar-refractivity contribution >= 4 is 12.0 Å². The van der Waals surface area contributed by atoms with Crippen LogP contribution in [0.4, 0.5) is 0 Å². The van der Waals surface area contributed by atoms with Crippen LogP contribution in [-0.4, -0.2) is 70.3 Å². The molecule has 2 fully saturated rings. The summed E-state index contributed by atoms with van der Waals surface area (Å²) in [6, 6.07) is 13.3. The van der Waals surface area contributed by atoms with Crippen molar-refractivity contribution in [1.29, 1.82) is 0 Å². The largest absolute Gasteiger partial charge is 0.504 e. The first kappa shape index (κ1) is 20.8. The van der Waals surface area contributed by atoms with Gasteiger partial charge in [-0.05, 0) is 62.5 Å². The van der Waals surface area contributed by atoms with E-state index in [9.17, 15) is 15.0 Å². The maximum absolute atomic E-state index is 13.2. The number of carbonyl (C=O) groups is 1. The Morgan fingerprint density at radius 2 is 2.00 bits per heavy atom. The number of hydrogen-bond donors (Lipinski definition) is 2. The molecular weight excluding hydrogens is 416 g/mol. The fourth-order valence-electron chi connectivity index (χ4n) is 7.14. The summed E-state index contributed by atoms with van der Waals surface area (Å²) in [5.41, 5.74) is 1.53. The molecule has 1 saturated heterocycles. The van der Waals surface area contributed by atoms with Gasteiger partial charge in [-0.15, -0.1) is 0 Å². The van der Waals surface area contributed by atoms with Gasteiger partial charge in [-0.25, -0.2) is 0 Å². The number of carbonyl (C=O) groups excluding carboxylic acids is 1. The number of phenolic OH excluding ortho intramolecular Hbond substituents is 1. The summed E-state index contributed by atoms with van der Waals surface area (Å²) in [6.07, 6.45) is 5.78. The van der Waals surface area contributed by atoms with Crippen LogP contribution in [0.15, 0.2) is 48.5 Å². The minimum absolute atomic E-state index is 0.000256. The molecule has 1 amide bonds. The molecule has 6 heteroatoms. The molecule has 172 valence electrons. The lowest BCUT2D eigenvalue weighted by Gasteiger charge is -2.64. The van der Waals surface area contributed by atoms with Crippen molar-refractivity contribution in [3.05, 3.63) is 65.2 Å². The maximum Gasteiger partial charge on any atom is 0.246 e. The van der Waals surface area contributed by atoms with Crippen LogP contribution in [-0.2, 0) is 16.6 Å². The molecule has 4 aliphatic rings. The Morgan fingerprint density at radius 3 is 2.79 bits per heavy atom. The Hall–Kier alpha value is -2.83. The van der Waals surface area contributed by atoms with Gasteiger partial charge in [0.15, 0.2) is 11.5 Å². The molecule has 0 unspecified atom stereocenters. The molecule has 2 aromatic rings. The molecule has 6 rings (SSSR count). The van der Waals surface area contributed by atoms with E-state index in [4.69, 9.17) is 4.74 Å². The average molecular weight is 447 g/mol. The van der Waals surface area contributed by atoms with Gasteiger partial charge in [0.2, 0.25) is 5.91 Å². The summed E-state index contributed by atoms with van der Waals surface area (Å²) in [6.45, 7) is 0.847. The van der Waals surface area contributed by atoms with Gasteiger partial charge in [0, 0.05) is 24.7 Å². The minimum Gasteiger partial charge on any atom is -0.504 e. The Kier molecular flexibility index (Phi) is 4.45. The number of hydrogen-bond acceptors (Lipinski definition) is 5. The highest BCUT2D eigenvalue weighted by atomic mass is 16.5. The number of nitrogens with zero attached hydrogens (tertiary/aromatic N) is 2. The monoisotopic (exact) mass is 446 g/mol. The van der Waals surface area contributed by atoms with Crippen molar-refractivity contribution < 1.29 is 19.7 Å². The van der Waals surface area contributed by atoms with Crippen LogP contribution < -0.4 is 4.74 Å². The zero-order chi connectivity index (χ0) is 23.0. The minimum atomic E-state index is -0.947.